The van der Waals surface area contributed by atoms with E-state index < -0.39 is 0 Å². The molecule has 0 spiro atoms. The van der Waals surface area contributed by atoms with Crippen LogP contribution in [-0.4, -0.2) is 41.6 Å². The minimum atomic E-state index is 0.400. The molecule has 3 heterocycles. The van der Waals surface area contributed by atoms with Gasteiger partial charge in [0.05, 0.1) is 6.17 Å². The molecule has 5 rings (SSSR count). The average Bonchev–Trinajstić information content (AvgIpc) is 3.19. The first-order valence-electron chi connectivity index (χ1n) is 10.3. The average molecular weight is 377 g/mol. The maximum Gasteiger partial charge on any atom is 0.0628 e. The summed E-state index contributed by atoms with van der Waals surface area (Å²) < 4.78 is 0. The maximum absolute atomic E-state index is 4.54. The van der Waals surface area contributed by atoms with Crippen LogP contribution in [0.25, 0.3) is 5.57 Å². The lowest BCUT2D eigenvalue weighted by molar-refractivity contribution is 0.0226. The van der Waals surface area contributed by atoms with Crippen LogP contribution in [0.3, 0.4) is 0 Å². The third kappa shape index (κ3) is 3.16. The second-order valence-corrected chi connectivity index (χ2v) is 9.24. The van der Waals surface area contributed by atoms with Crippen molar-refractivity contribution in [2.75, 3.05) is 19.6 Å². The van der Waals surface area contributed by atoms with E-state index in [1.807, 2.05) is 11.8 Å². The van der Waals surface area contributed by atoms with Crippen molar-refractivity contribution in [3.8, 4) is 0 Å². The summed E-state index contributed by atoms with van der Waals surface area (Å²) in [6, 6.07) is 16.2. The van der Waals surface area contributed by atoms with Crippen LogP contribution in [0.5, 0.6) is 0 Å². The van der Waals surface area contributed by atoms with E-state index in [2.05, 4.69) is 65.8 Å². The molecule has 0 N–H and O–H groups in total. The van der Waals surface area contributed by atoms with E-state index in [4.69, 9.17) is 0 Å². The van der Waals surface area contributed by atoms with Gasteiger partial charge in [0.1, 0.15) is 0 Å². The lowest BCUT2D eigenvalue weighted by Crippen LogP contribution is -2.53. The van der Waals surface area contributed by atoms with Crippen molar-refractivity contribution in [2.24, 2.45) is 0 Å². The van der Waals surface area contributed by atoms with Gasteiger partial charge in [0.25, 0.3) is 0 Å². The van der Waals surface area contributed by atoms with Gasteiger partial charge in [-0.05, 0) is 79.6 Å². The van der Waals surface area contributed by atoms with Crippen LogP contribution in [0.15, 0.2) is 58.8 Å². The van der Waals surface area contributed by atoms with E-state index in [0.717, 1.165) is 6.42 Å². The summed E-state index contributed by atoms with van der Waals surface area (Å²) in [5.74, 6) is 0. The van der Waals surface area contributed by atoms with E-state index in [1.165, 1.54) is 71.0 Å². The van der Waals surface area contributed by atoms with Gasteiger partial charge in [-0.25, -0.2) is 0 Å². The van der Waals surface area contributed by atoms with Crippen LogP contribution in [0, 0.1) is 0 Å². The standard InChI is InChI=1S/C24H28N2S/c1-17(18(2)26-14-6-13-25-12-5-9-24(25)26)19-10-11-23-21(15-19)16-20-7-3-4-8-22(20)27-23/h3-4,7-8,10-11,15,18,24H,1,5-6,9,12-14,16H2,2H3. The predicted molar refractivity (Wildman–Crippen MR) is 114 cm³/mol. The number of fused-ring (bicyclic) bond motifs is 3. The zero-order valence-electron chi connectivity index (χ0n) is 16.2. The molecular weight excluding hydrogens is 348 g/mol. The Kier molecular flexibility index (Phi) is 4.63. The molecule has 0 aromatic heterocycles. The Morgan fingerprint density at radius 1 is 1.04 bits per heavy atom. The largest absolute Gasteiger partial charge is 0.288 e. The van der Waals surface area contributed by atoms with Crippen molar-refractivity contribution in [1.29, 1.82) is 0 Å². The fourth-order valence-corrected chi connectivity index (χ4v) is 6.09. The van der Waals surface area contributed by atoms with Crippen LogP contribution in [-0.2, 0) is 6.42 Å². The van der Waals surface area contributed by atoms with E-state index in [-0.39, 0.29) is 0 Å². The third-order valence-electron chi connectivity index (χ3n) is 6.58. The Bertz CT molecular complexity index is 874. The normalized spacial score (nSPS) is 23.4. The summed E-state index contributed by atoms with van der Waals surface area (Å²) in [7, 11) is 0. The van der Waals surface area contributed by atoms with Crippen molar-refractivity contribution in [1.82, 2.24) is 9.80 Å². The molecule has 2 nitrogen and oxygen atoms in total. The number of benzene rings is 2. The fourth-order valence-electron chi connectivity index (χ4n) is 5.03. The quantitative estimate of drug-likeness (QED) is 0.615. The molecule has 3 aliphatic rings. The highest BCUT2D eigenvalue weighted by atomic mass is 32.2. The Hall–Kier alpha value is -1.55. The first-order chi connectivity index (χ1) is 13.2. The van der Waals surface area contributed by atoms with Crippen LogP contribution in [0.2, 0.25) is 0 Å². The van der Waals surface area contributed by atoms with Gasteiger partial charge in [-0.1, -0.05) is 42.6 Å². The second-order valence-electron chi connectivity index (χ2n) is 8.16. The van der Waals surface area contributed by atoms with E-state index in [1.54, 1.807) is 0 Å². The Balaban J connectivity index is 1.38. The molecule has 3 heteroatoms. The van der Waals surface area contributed by atoms with Crippen LogP contribution < -0.4 is 0 Å². The zero-order valence-corrected chi connectivity index (χ0v) is 17.0. The second kappa shape index (κ2) is 7.12. The van der Waals surface area contributed by atoms with Gasteiger partial charge >= 0.3 is 0 Å². The molecule has 140 valence electrons. The Morgan fingerprint density at radius 3 is 2.78 bits per heavy atom. The van der Waals surface area contributed by atoms with E-state index in [0.29, 0.717) is 12.2 Å². The van der Waals surface area contributed by atoms with Gasteiger partial charge in [-0.2, -0.15) is 0 Å². The lowest BCUT2D eigenvalue weighted by Gasteiger charge is -2.44. The fraction of sp³-hybridized carbons (Fsp3) is 0.417. The molecule has 0 radical (unpaired) electrons. The Morgan fingerprint density at radius 2 is 1.85 bits per heavy atom. The third-order valence-corrected chi connectivity index (χ3v) is 7.82. The van der Waals surface area contributed by atoms with Gasteiger partial charge in [-0.15, -0.1) is 0 Å². The number of nitrogens with zero attached hydrogens (tertiary/aromatic N) is 2. The molecule has 0 bridgehead atoms. The van der Waals surface area contributed by atoms with Crippen LogP contribution in [0.4, 0.5) is 0 Å². The lowest BCUT2D eigenvalue weighted by atomic mass is 9.95. The van der Waals surface area contributed by atoms with Gasteiger partial charge in [-0.3, -0.25) is 9.80 Å². The number of hydrogen-bond acceptors (Lipinski definition) is 3. The highest BCUT2D eigenvalue weighted by Gasteiger charge is 2.36. The SMILES string of the molecule is C=C(c1ccc2c(c1)Cc1ccccc1S2)C(C)N1CCCN2CCCC21. The van der Waals surface area contributed by atoms with Crippen LogP contribution in [0.1, 0.15) is 42.9 Å². The van der Waals surface area contributed by atoms with Crippen LogP contribution >= 0.6 is 11.8 Å². The number of hydrogen-bond donors (Lipinski definition) is 0. The summed E-state index contributed by atoms with van der Waals surface area (Å²) >= 11 is 1.91. The molecule has 2 saturated heterocycles. The van der Waals surface area contributed by atoms with E-state index >= 15 is 0 Å². The van der Waals surface area contributed by atoms with Gasteiger partial charge in [0, 0.05) is 28.9 Å². The van der Waals surface area contributed by atoms with Gasteiger partial charge in [0.2, 0.25) is 0 Å². The summed E-state index contributed by atoms with van der Waals surface area (Å²) in [6.45, 7) is 10.6. The first-order valence-corrected chi connectivity index (χ1v) is 11.1. The van der Waals surface area contributed by atoms with Crippen molar-refractivity contribution < 1.29 is 0 Å². The molecule has 2 aromatic rings. The smallest absolute Gasteiger partial charge is 0.0628 e. The zero-order chi connectivity index (χ0) is 18.4. The molecule has 3 aliphatic heterocycles. The minimum absolute atomic E-state index is 0.400. The maximum atomic E-state index is 4.54. The van der Waals surface area contributed by atoms with Gasteiger partial charge in [0.15, 0.2) is 0 Å². The van der Waals surface area contributed by atoms with Crippen molar-refractivity contribution in [3.63, 3.8) is 0 Å². The molecule has 0 saturated carbocycles. The predicted octanol–water partition coefficient (Wildman–Crippen LogP) is 5.27. The minimum Gasteiger partial charge on any atom is -0.288 e. The molecule has 0 aliphatic carbocycles. The first kappa shape index (κ1) is 17.5. The van der Waals surface area contributed by atoms with Gasteiger partial charge < -0.3 is 0 Å². The monoisotopic (exact) mass is 376 g/mol. The summed E-state index contributed by atoms with van der Waals surface area (Å²) in [5.41, 5.74) is 5.49. The molecule has 2 atom stereocenters. The molecule has 2 aromatic carbocycles. The highest BCUT2D eigenvalue weighted by Crippen LogP contribution is 2.40. The summed E-state index contributed by atoms with van der Waals surface area (Å²) in [5, 5.41) is 0. The summed E-state index contributed by atoms with van der Waals surface area (Å²) in [6.07, 6.45) is 5.61. The molecule has 2 fully saturated rings. The molecule has 0 amide bonds. The highest BCUT2D eigenvalue weighted by molar-refractivity contribution is 7.99. The summed E-state index contributed by atoms with van der Waals surface area (Å²) in [4.78, 5) is 8.17. The van der Waals surface area contributed by atoms with E-state index in [9.17, 15) is 0 Å². The Labute approximate surface area is 167 Å². The molecule has 27 heavy (non-hydrogen) atoms. The van der Waals surface area contributed by atoms with Crippen molar-refractivity contribution in [3.05, 3.63) is 65.7 Å². The topological polar surface area (TPSA) is 6.48 Å². The number of rotatable bonds is 3. The van der Waals surface area contributed by atoms with Crippen molar-refractivity contribution >= 4 is 17.3 Å². The molecular formula is C24H28N2S. The van der Waals surface area contributed by atoms with Crippen molar-refractivity contribution in [2.45, 2.75) is 54.6 Å². The molecule has 2 unspecified atom stereocenters.